The van der Waals surface area contributed by atoms with Gasteiger partial charge >= 0.3 is 0 Å². The van der Waals surface area contributed by atoms with Crippen LogP contribution in [0.15, 0.2) is 52.9 Å². The van der Waals surface area contributed by atoms with Gasteiger partial charge in [0.05, 0.1) is 11.4 Å². The van der Waals surface area contributed by atoms with Gasteiger partial charge in [-0.05, 0) is 48.5 Å². The molecule has 0 N–H and O–H groups in total. The third-order valence-corrected chi connectivity index (χ3v) is 6.23. The number of halogens is 1. The number of hydrogen-bond donors (Lipinski definition) is 0. The Bertz CT molecular complexity index is 930. The number of carbonyl (C=O) groups excluding carboxylic acids is 1. The molecule has 7 heteroatoms. The van der Waals surface area contributed by atoms with Crippen LogP contribution in [0, 0.1) is 3.95 Å². The number of Topliss-reactive ketones (excluding diaryl/α,β-unsaturated/α-hetero) is 1. The maximum atomic E-state index is 12.3. The summed E-state index contributed by atoms with van der Waals surface area (Å²) in [6, 6.07) is 15.1. The zero-order valence-corrected chi connectivity index (χ0v) is 16.6. The topological polar surface area (TPSA) is 34.9 Å². The lowest BCUT2D eigenvalue weighted by molar-refractivity contribution is 0.102. The number of aryl methyl sites for hydroxylation is 1. The number of aromatic nitrogens is 2. The minimum absolute atomic E-state index is 0.0896. The van der Waals surface area contributed by atoms with Gasteiger partial charge in [-0.1, -0.05) is 65.9 Å². The Morgan fingerprint density at radius 2 is 1.88 bits per heavy atom. The molecule has 1 heterocycles. The number of thioether (sulfide) groups is 1. The summed E-state index contributed by atoms with van der Waals surface area (Å²) in [7, 11) is 0. The van der Waals surface area contributed by atoms with E-state index in [4.69, 9.17) is 23.8 Å². The summed E-state index contributed by atoms with van der Waals surface area (Å²) >= 11 is 14.1. The zero-order chi connectivity index (χ0) is 17.8. The van der Waals surface area contributed by atoms with Crippen LogP contribution in [0.5, 0.6) is 0 Å². The van der Waals surface area contributed by atoms with E-state index in [1.807, 2.05) is 36.4 Å². The number of nitrogens with zero attached hydrogens (tertiary/aromatic N) is 2. The highest BCUT2D eigenvalue weighted by atomic mass is 35.5. The Balaban J connectivity index is 1.69. The van der Waals surface area contributed by atoms with Crippen LogP contribution in [0.2, 0.25) is 5.02 Å². The van der Waals surface area contributed by atoms with Gasteiger partial charge in [0.25, 0.3) is 0 Å². The molecule has 0 unspecified atom stereocenters. The second-order valence-corrected chi connectivity index (χ2v) is 8.57. The number of ketones is 1. The highest BCUT2D eigenvalue weighted by Crippen LogP contribution is 2.25. The van der Waals surface area contributed by atoms with Gasteiger partial charge in [-0.3, -0.25) is 4.79 Å². The van der Waals surface area contributed by atoms with Crippen LogP contribution in [0.25, 0.3) is 5.69 Å². The van der Waals surface area contributed by atoms with E-state index >= 15 is 0 Å². The van der Waals surface area contributed by atoms with Crippen molar-refractivity contribution in [2.75, 3.05) is 5.75 Å². The Kier molecular flexibility index (Phi) is 6.06. The van der Waals surface area contributed by atoms with Gasteiger partial charge in [0, 0.05) is 10.6 Å². The summed E-state index contributed by atoms with van der Waals surface area (Å²) in [5, 5.41) is 5.17. The van der Waals surface area contributed by atoms with Crippen molar-refractivity contribution in [1.82, 2.24) is 9.78 Å². The van der Waals surface area contributed by atoms with Crippen molar-refractivity contribution in [1.29, 1.82) is 0 Å². The lowest BCUT2D eigenvalue weighted by Crippen LogP contribution is -2.02. The molecule has 0 aliphatic carbocycles. The molecular weight excluding hydrogens is 392 g/mol. The molecule has 0 spiro atoms. The van der Waals surface area contributed by atoms with E-state index in [1.165, 1.54) is 28.7 Å². The Morgan fingerprint density at radius 1 is 1.20 bits per heavy atom. The van der Waals surface area contributed by atoms with Gasteiger partial charge < -0.3 is 0 Å². The second kappa shape index (κ2) is 8.27. The molecule has 0 aliphatic heterocycles. The molecule has 0 bridgehead atoms. The first-order valence-corrected chi connectivity index (χ1v) is 10.3. The molecule has 3 nitrogen and oxygen atoms in total. The Hall–Kier alpha value is -1.47. The van der Waals surface area contributed by atoms with Crippen LogP contribution in [0.4, 0.5) is 0 Å². The van der Waals surface area contributed by atoms with Crippen molar-refractivity contribution < 1.29 is 4.79 Å². The minimum atomic E-state index is 0.0896. The van der Waals surface area contributed by atoms with Crippen molar-refractivity contribution >= 4 is 52.7 Å². The molecule has 1 aromatic heterocycles. The molecule has 0 atom stereocenters. The van der Waals surface area contributed by atoms with Crippen LogP contribution >= 0.6 is 46.9 Å². The molecule has 25 heavy (non-hydrogen) atoms. The molecule has 0 aliphatic rings. The van der Waals surface area contributed by atoms with E-state index < -0.39 is 0 Å². The van der Waals surface area contributed by atoms with E-state index in [1.54, 1.807) is 16.8 Å². The quantitative estimate of drug-likeness (QED) is 0.292. The summed E-state index contributed by atoms with van der Waals surface area (Å²) in [5.74, 6) is 0.431. The summed E-state index contributed by atoms with van der Waals surface area (Å²) in [6.07, 6.45) is 0.967. The average molecular weight is 407 g/mol. The van der Waals surface area contributed by atoms with Gasteiger partial charge in [0.15, 0.2) is 14.1 Å². The van der Waals surface area contributed by atoms with Gasteiger partial charge in [-0.2, -0.15) is 0 Å². The van der Waals surface area contributed by atoms with Crippen molar-refractivity contribution in [2.45, 2.75) is 17.7 Å². The predicted molar refractivity (Wildman–Crippen MR) is 108 cm³/mol. The fourth-order valence-electron chi connectivity index (χ4n) is 2.20. The number of carbonyl (C=O) groups is 1. The van der Waals surface area contributed by atoms with E-state index in [-0.39, 0.29) is 5.78 Å². The first kappa shape index (κ1) is 18.3. The van der Waals surface area contributed by atoms with Crippen LogP contribution in [0.1, 0.15) is 22.8 Å². The SMILES string of the molecule is CCc1ccc(C(=O)CSc2nn(-c3ccc(Cl)cc3)c(=S)s2)cc1. The van der Waals surface area contributed by atoms with Gasteiger partial charge in [0.1, 0.15) is 0 Å². The largest absolute Gasteiger partial charge is 0.293 e. The van der Waals surface area contributed by atoms with Crippen molar-refractivity contribution in [3.8, 4) is 5.69 Å². The minimum Gasteiger partial charge on any atom is -0.293 e. The normalized spacial score (nSPS) is 10.8. The van der Waals surface area contributed by atoms with E-state index in [2.05, 4.69) is 12.0 Å². The maximum Gasteiger partial charge on any atom is 0.184 e. The highest BCUT2D eigenvalue weighted by Gasteiger charge is 2.11. The monoisotopic (exact) mass is 406 g/mol. The maximum absolute atomic E-state index is 12.3. The summed E-state index contributed by atoms with van der Waals surface area (Å²) in [6.45, 7) is 2.09. The lowest BCUT2D eigenvalue weighted by atomic mass is 10.1. The molecule has 0 saturated carbocycles. The number of rotatable bonds is 6. The molecule has 0 fully saturated rings. The lowest BCUT2D eigenvalue weighted by Gasteiger charge is -2.02. The molecule has 3 rings (SSSR count). The van der Waals surface area contributed by atoms with E-state index in [0.29, 0.717) is 14.7 Å². The molecule has 128 valence electrons. The van der Waals surface area contributed by atoms with E-state index in [0.717, 1.165) is 22.0 Å². The molecule has 3 aromatic rings. The fraction of sp³-hybridized carbons (Fsp3) is 0.167. The van der Waals surface area contributed by atoms with Gasteiger partial charge in [0.2, 0.25) is 0 Å². The van der Waals surface area contributed by atoms with Crippen molar-refractivity contribution in [2.24, 2.45) is 0 Å². The highest BCUT2D eigenvalue weighted by molar-refractivity contribution is 8.01. The predicted octanol–water partition coefficient (Wildman–Crippen LogP) is 5.85. The van der Waals surface area contributed by atoms with E-state index in [9.17, 15) is 4.79 Å². The second-order valence-electron chi connectivity index (χ2n) is 5.28. The van der Waals surface area contributed by atoms with Crippen molar-refractivity contribution in [3.63, 3.8) is 0 Å². The third kappa shape index (κ3) is 4.58. The Labute approximate surface area is 164 Å². The van der Waals surface area contributed by atoms with Gasteiger partial charge in [-0.15, -0.1) is 5.10 Å². The number of benzene rings is 2. The Morgan fingerprint density at radius 3 is 2.52 bits per heavy atom. The van der Waals surface area contributed by atoms with Crippen LogP contribution in [0.3, 0.4) is 0 Å². The molecule has 2 aromatic carbocycles. The number of hydrogen-bond acceptors (Lipinski definition) is 5. The van der Waals surface area contributed by atoms with Crippen LogP contribution in [-0.2, 0) is 6.42 Å². The van der Waals surface area contributed by atoms with Crippen molar-refractivity contribution in [3.05, 3.63) is 68.6 Å². The molecule has 0 radical (unpaired) electrons. The first-order chi connectivity index (χ1) is 12.1. The summed E-state index contributed by atoms with van der Waals surface area (Å²) in [4.78, 5) is 12.3. The van der Waals surface area contributed by atoms with Crippen LogP contribution in [-0.4, -0.2) is 21.3 Å². The third-order valence-electron chi connectivity index (χ3n) is 3.61. The standard InChI is InChI=1S/C18H15ClN2OS3/c1-2-12-3-5-13(6-4-12)16(22)11-24-17-20-21(18(23)25-17)15-9-7-14(19)8-10-15/h3-10H,2,11H2,1H3. The molecular formula is C18H15ClN2OS3. The summed E-state index contributed by atoms with van der Waals surface area (Å²) in [5.41, 5.74) is 2.81. The fourth-order valence-corrected chi connectivity index (χ4v) is 4.58. The summed E-state index contributed by atoms with van der Waals surface area (Å²) < 4.78 is 3.11. The zero-order valence-electron chi connectivity index (χ0n) is 13.4. The molecule has 0 amide bonds. The first-order valence-electron chi connectivity index (χ1n) is 7.68. The molecule has 0 saturated heterocycles. The van der Waals surface area contributed by atoms with Gasteiger partial charge in [-0.25, -0.2) is 4.68 Å². The smallest absolute Gasteiger partial charge is 0.184 e. The average Bonchev–Trinajstić information content (AvgIpc) is 3.01. The van der Waals surface area contributed by atoms with Crippen LogP contribution < -0.4 is 0 Å².